The molecule has 1 aromatic rings. The molecule has 0 N–H and O–H groups in total. The molecule has 1 aromatic heterocycles. The maximum absolute atomic E-state index is 11.5. The summed E-state index contributed by atoms with van der Waals surface area (Å²) >= 11 is 0. The SMILES string of the molecule is O=S1(=O)CCC(c2noc(C3CCCCCC3)n2)C1. The van der Waals surface area contributed by atoms with E-state index in [0.717, 1.165) is 18.7 Å². The highest BCUT2D eigenvalue weighted by molar-refractivity contribution is 7.91. The van der Waals surface area contributed by atoms with E-state index in [0.29, 0.717) is 18.2 Å². The molecule has 2 heterocycles. The Morgan fingerprint density at radius 3 is 2.37 bits per heavy atom. The van der Waals surface area contributed by atoms with Gasteiger partial charge < -0.3 is 4.52 Å². The van der Waals surface area contributed by atoms with Gasteiger partial charge in [0, 0.05) is 11.8 Å². The number of hydrogen-bond donors (Lipinski definition) is 0. The molecule has 1 unspecified atom stereocenters. The molecule has 5 nitrogen and oxygen atoms in total. The van der Waals surface area contributed by atoms with Crippen LogP contribution in [0.25, 0.3) is 0 Å². The van der Waals surface area contributed by atoms with Crippen molar-refractivity contribution in [2.75, 3.05) is 11.5 Å². The van der Waals surface area contributed by atoms with Gasteiger partial charge in [-0.25, -0.2) is 8.42 Å². The first-order chi connectivity index (χ1) is 9.14. The molecule has 6 heteroatoms. The highest BCUT2D eigenvalue weighted by atomic mass is 32.2. The highest BCUT2D eigenvalue weighted by Crippen LogP contribution is 2.32. The third-order valence-corrected chi connectivity index (χ3v) is 6.03. The van der Waals surface area contributed by atoms with Crippen LogP contribution in [-0.2, 0) is 9.84 Å². The van der Waals surface area contributed by atoms with Crippen molar-refractivity contribution in [2.45, 2.75) is 56.8 Å². The average Bonchev–Trinajstić information content (AvgIpc) is 2.88. The molecule has 0 amide bonds. The summed E-state index contributed by atoms with van der Waals surface area (Å²) in [4.78, 5) is 4.48. The van der Waals surface area contributed by atoms with Crippen molar-refractivity contribution in [3.05, 3.63) is 11.7 Å². The van der Waals surface area contributed by atoms with Crippen molar-refractivity contribution in [3.63, 3.8) is 0 Å². The first-order valence-electron chi connectivity index (χ1n) is 7.18. The van der Waals surface area contributed by atoms with Gasteiger partial charge in [-0.2, -0.15) is 4.98 Å². The molecule has 0 bridgehead atoms. The van der Waals surface area contributed by atoms with Gasteiger partial charge in [-0.15, -0.1) is 0 Å². The lowest BCUT2D eigenvalue weighted by Gasteiger charge is -2.07. The Morgan fingerprint density at radius 1 is 1.00 bits per heavy atom. The van der Waals surface area contributed by atoms with E-state index in [4.69, 9.17) is 4.52 Å². The molecule has 19 heavy (non-hydrogen) atoms. The average molecular weight is 284 g/mol. The molecule has 2 aliphatic rings. The quantitative estimate of drug-likeness (QED) is 0.780. The van der Waals surface area contributed by atoms with Gasteiger partial charge in [0.25, 0.3) is 0 Å². The van der Waals surface area contributed by atoms with E-state index in [1.807, 2.05) is 0 Å². The van der Waals surface area contributed by atoms with Crippen LogP contribution in [0.15, 0.2) is 4.52 Å². The summed E-state index contributed by atoms with van der Waals surface area (Å²) in [5, 5.41) is 4.02. The predicted octanol–water partition coefficient (Wildman–Crippen LogP) is 2.41. The fourth-order valence-electron chi connectivity index (χ4n) is 3.10. The maximum atomic E-state index is 11.5. The normalized spacial score (nSPS) is 28.3. The number of hydrogen-bond acceptors (Lipinski definition) is 5. The molecule has 1 atom stereocenters. The topological polar surface area (TPSA) is 73.1 Å². The van der Waals surface area contributed by atoms with Crippen LogP contribution in [0, 0.1) is 0 Å². The first-order valence-corrected chi connectivity index (χ1v) is 9.00. The van der Waals surface area contributed by atoms with Crippen molar-refractivity contribution in [1.29, 1.82) is 0 Å². The summed E-state index contributed by atoms with van der Waals surface area (Å²) in [6.45, 7) is 0. The third kappa shape index (κ3) is 2.99. The van der Waals surface area contributed by atoms with E-state index in [1.165, 1.54) is 25.7 Å². The van der Waals surface area contributed by atoms with E-state index in [2.05, 4.69) is 10.1 Å². The summed E-state index contributed by atoms with van der Waals surface area (Å²) in [6.07, 6.45) is 7.89. The summed E-state index contributed by atoms with van der Waals surface area (Å²) in [7, 11) is -2.89. The minimum Gasteiger partial charge on any atom is -0.339 e. The molecule has 1 saturated carbocycles. The smallest absolute Gasteiger partial charge is 0.229 e. The molecule has 1 saturated heterocycles. The van der Waals surface area contributed by atoms with Gasteiger partial charge in [-0.3, -0.25) is 0 Å². The molecule has 1 aliphatic heterocycles. The second kappa shape index (κ2) is 5.23. The van der Waals surface area contributed by atoms with Gasteiger partial charge in [0.1, 0.15) is 0 Å². The van der Waals surface area contributed by atoms with E-state index in [-0.39, 0.29) is 17.4 Å². The molecule has 106 valence electrons. The molecule has 2 fully saturated rings. The molecule has 0 aromatic carbocycles. The molecule has 3 rings (SSSR count). The fraction of sp³-hybridized carbons (Fsp3) is 0.846. The zero-order chi connectivity index (χ0) is 13.3. The van der Waals surface area contributed by atoms with Gasteiger partial charge in [0.15, 0.2) is 15.7 Å². The lowest BCUT2D eigenvalue weighted by Crippen LogP contribution is -2.05. The predicted molar refractivity (Wildman–Crippen MR) is 70.8 cm³/mol. The largest absolute Gasteiger partial charge is 0.339 e. The number of sulfone groups is 1. The minimum atomic E-state index is -2.89. The lowest BCUT2D eigenvalue weighted by molar-refractivity contribution is 0.336. The standard InChI is InChI=1S/C13H20N2O3S/c16-19(17)8-7-11(9-19)12-14-13(18-15-12)10-5-3-1-2-4-6-10/h10-11H,1-9H2. The van der Waals surface area contributed by atoms with E-state index < -0.39 is 9.84 Å². The second-order valence-electron chi connectivity index (χ2n) is 5.78. The number of aromatic nitrogens is 2. The van der Waals surface area contributed by atoms with Crippen LogP contribution in [-0.4, -0.2) is 30.1 Å². The molecule has 0 radical (unpaired) electrons. The summed E-state index contributed by atoms with van der Waals surface area (Å²) < 4.78 is 28.3. The number of nitrogens with zero attached hydrogens (tertiary/aromatic N) is 2. The van der Waals surface area contributed by atoms with Gasteiger partial charge in [-0.05, 0) is 19.3 Å². The Balaban J connectivity index is 1.72. The Kier molecular flexibility index (Phi) is 3.60. The van der Waals surface area contributed by atoms with Crippen LogP contribution in [0.4, 0.5) is 0 Å². The van der Waals surface area contributed by atoms with E-state index in [9.17, 15) is 8.42 Å². The second-order valence-corrected chi connectivity index (χ2v) is 8.01. The van der Waals surface area contributed by atoms with Crippen LogP contribution < -0.4 is 0 Å². The van der Waals surface area contributed by atoms with Crippen molar-refractivity contribution in [3.8, 4) is 0 Å². The van der Waals surface area contributed by atoms with Gasteiger partial charge in [-0.1, -0.05) is 30.8 Å². The Morgan fingerprint density at radius 2 is 1.74 bits per heavy atom. The number of rotatable bonds is 2. The van der Waals surface area contributed by atoms with Crippen molar-refractivity contribution in [1.82, 2.24) is 10.1 Å². The van der Waals surface area contributed by atoms with Crippen LogP contribution in [0.3, 0.4) is 0 Å². The van der Waals surface area contributed by atoms with E-state index in [1.54, 1.807) is 0 Å². The summed E-state index contributed by atoms with van der Waals surface area (Å²) in [6, 6.07) is 0. The lowest BCUT2D eigenvalue weighted by atomic mass is 10.0. The molecular formula is C13H20N2O3S. The summed E-state index contributed by atoms with van der Waals surface area (Å²) in [5.41, 5.74) is 0. The van der Waals surface area contributed by atoms with E-state index >= 15 is 0 Å². The monoisotopic (exact) mass is 284 g/mol. The van der Waals surface area contributed by atoms with Gasteiger partial charge in [0.05, 0.1) is 11.5 Å². The minimum absolute atomic E-state index is 0.0618. The third-order valence-electron chi connectivity index (χ3n) is 4.26. The van der Waals surface area contributed by atoms with Crippen LogP contribution >= 0.6 is 0 Å². The van der Waals surface area contributed by atoms with Gasteiger partial charge >= 0.3 is 0 Å². The highest BCUT2D eigenvalue weighted by Gasteiger charge is 2.33. The van der Waals surface area contributed by atoms with Crippen molar-refractivity contribution < 1.29 is 12.9 Å². The zero-order valence-electron chi connectivity index (χ0n) is 11.0. The summed E-state index contributed by atoms with van der Waals surface area (Å²) in [5.74, 6) is 2.07. The Bertz CT molecular complexity index is 530. The molecular weight excluding hydrogens is 264 g/mol. The first kappa shape index (κ1) is 13.1. The van der Waals surface area contributed by atoms with Crippen molar-refractivity contribution >= 4 is 9.84 Å². The van der Waals surface area contributed by atoms with Gasteiger partial charge in [0.2, 0.25) is 5.89 Å². The van der Waals surface area contributed by atoms with Crippen LogP contribution in [0.2, 0.25) is 0 Å². The Hall–Kier alpha value is -0.910. The van der Waals surface area contributed by atoms with Crippen LogP contribution in [0.5, 0.6) is 0 Å². The maximum Gasteiger partial charge on any atom is 0.229 e. The molecule has 1 aliphatic carbocycles. The zero-order valence-corrected chi connectivity index (χ0v) is 11.9. The molecule has 0 spiro atoms. The fourth-order valence-corrected chi connectivity index (χ4v) is 4.84. The van der Waals surface area contributed by atoms with Crippen LogP contribution in [0.1, 0.15) is 68.5 Å². The Labute approximate surface area is 113 Å². The van der Waals surface area contributed by atoms with Crippen molar-refractivity contribution in [2.24, 2.45) is 0 Å².